The van der Waals surface area contributed by atoms with Gasteiger partial charge in [-0.1, -0.05) is 39.5 Å². The van der Waals surface area contributed by atoms with Gasteiger partial charge in [0.05, 0.1) is 6.04 Å². The van der Waals surface area contributed by atoms with Gasteiger partial charge in [-0.05, 0) is 38.1 Å². The first-order chi connectivity index (χ1) is 10.2. The van der Waals surface area contributed by atoms with Crippen LogP contribution in [-0.2, 0) is 4.79 Å². The zero-order valence-corrected chi connectivity index (χ0v) is 13.9. The zero-order valence-electron chi connectivity index (χ0n) is 13.9. The lowest BCUT2D eigenvalue weighted by molar-refractivity contribution is -0.135. The van der Waals surface area contributed by atoms with Gasteiger partial charge in [0.15, 0.2) is 0 Å². The quantitative estimate of drug-likeness (QED) is 0.609. The summed E-state index contributed by atoms with van der Waals surface area (Å²) in [5.41, 5.74) is 0. The summed E-state index contributed by atoms with van der Waals surface area (Å²) in [6.07, 6.45) is 9.05. The van der Waals surface area contributed by atoms with Gasteiger partial charge in [0.2, 0.25) is 5.91 Å². The summed E-state index contributed by atoms with van der Waals surface area (Å²) in [6, 6.07) is -0.0203. The molecule has 0 aromatic carbocycles. The van der Waals surface area contributed by atoms with Gasteiger partial charge in [-0.15, -0.1) is 0 Å². The van der Waals surface area contributed by atoms with E-state index in [1.165, 1.54) is 32.1 Å². The van der Waals surface area contributed by atoms with Gasteiger partial charge in [0.1, 0.15) is 0 Å². The fourth-order valence-corrected chi connectivity index (χ4v) is 3.08. The average Bonchev–Trinajstić information content (AvgIpc) is 2.50. The molecule has 0 radical (unpaired) electrons. The first-order valence-electron chi connectivity index (χ1n) is 8.83. The van der Waals surface area contributed by atoms with Gasteiger partial charge in [0, 0.05) is 19.7 Å². The fraction of sp³-hybridized carbons (Fsp3) is 0.941. The normalized spacial score (nSPS) is 22.2. The van der Waals surface area contributed by atoms with Crippen LogP contribution in [0.3, 0.4) is 0 Å². The van der Waals surface area contributed by atoms with Crippen LogP contribution in [0.4, 0.5) is 0 Å². The van der Waals surface area contributed by atoms with Crippen molar-refractivity contribution in [2.75, 3.05) is 26.2 Å². The highest BCUT2D eigenvalue weighted by Crippen LogP contribution is 2.18. The third-order valence-corrected chi connectivity index (χ3v) is 4.46. The molecular formula is C17H34N2O2. The Hall–Kier alpha value is -0.610. The monoisotopic (exact) mass is 298 g/mol. The van der Waals surface area contributed by atoms with E-state index < -0.39 is 0 Å². The topological polar surface area (TPSA) is 52.6 Å². The number of nitrogens with one attached hydrogen (secondary N) is 1. The summed E-state index contributed by atoms with van der Waals surface area (Å²) in [4.78, 5) is 14.7. The Morgan fingerprint density at radius 1 is 1.19 bits per heavy atom. The highest BCUT2D eigenvalue weighted by atomic mass is 16.3. The number of aliphatic hydroxyl groups excluding tert-OH is 1. The molecule has 0 bridgehead atoms. The summed E-state index contributed by atoms with van der Waals surface area (Å²) in [6.45, 7) is 7.02. The van der Waals surface area contributed by atoms with Crippen LogP contribution in [-0.4, -0.2) is 48.2 Å². The Morgan fingerprint density at radius 2 is 1.90 bits per heavy atom. The average molecular weight is 298 g/mol. The van der Waals surface area contributed by atoms with Crippen LogP contribution in [0.25, 0.3) is 0 Å². The fourth-order valence-electron chi connectivity index (χ4n) is 3.08. The van der Waals surface area contributed by atoms with E-state index in [4.69, 9.17) is 5.11 Å². The molecule has 2 unspecified atom stereocenters. The maximum absolute atomic E-state index is 12.7. The molecule has 1 heterocycles. The zero-order chi connectivity index (χ0) is 15.5. The van der Waals surface area contributed by atoms with E-state index in [-0.39, 0.29) is 18.6 Å². The summed E-state index contributed by atoms with van der Waals surface area (Å²) in [5, 5.41) is 12.4. The molecule has 2 N–H and O–H groups in total. The molecule has 2 atom stereocenters. The maximum Gasteiger partial charge on any atom is 0.239 e. The van der Waals surface area contributed by atoms with E-state index in [1.807, 2.05) is 4.90 Å². The van der Waals surface area contributed by atoms with Crippen molar-refractivity contribution in [1.29, 1.82) is 0 Å². The van der Waals surface area contributed by atoms with Crippen molar-refractivity contribution in [2.24, 2.45) is 5.92 Å². The molecule has 1 fully saturated rings. The van der Waals surface area contributed by atoms with Gasteiger partial charge in [-0.25, -0.2) is 0 Å². The standard InChI is InChI=1S/C17H34N2O2/c1-3-4-5-6-7-12-19(13-9-14-20)17(21)16-15(2)10-8-11-18-16/h15-16,18,20H,3-14H2,1-2H3. The van der Waals surface area contributed by atoms with Crippen molar-refractivity contribution in [3.8, 4) is 0 Å². The first-order valence-corrected chi connectivity index (χ1v) is 8.83. The minimum atomic E-state index is -0.0203. The van der Waals surface area contributed by atoms with E-state index >= 15 is 0 Å². The Labute approximate surface area is 130 Å². The molecule has 0 aromatic rings. The van der Waals surface area contributed by atoms with Crippen molar-refractivity contribution in [1.82, 2.24) is 10.2 Å². The van der Waals surface area contributed by atoms with Crippen LogP contribution >= 0.6 is 0 Å². The van der Waals surface area contributed by atoms with Gasteiger partial charge in [0.25, 0.3) is 0 Å². The first kappa shape index (κ1) is 18.4. The molecule has 21 heavy (non-hydrogen) atoms. The second kappa shape index (κ2) is 11.0. The Morgan fingerprint density at radius 3 is 2.57 bits per heavy atom. The molecular weight excluding hydrogens is 264 g/mol. The van der Waals surface area contributed by atoms with Crippen molar-refractivity contribution in [2.45, 2.75) is 71.3 Å². The lowest BCUT2D eigenvalue weighted by atomic mass is 9.91. The molecule has 1 amide bonds. The third kappa shape index (κ3) is 6.79. The van der Waals surface area contributed by atoms with Gasteiger partial charge >= 0.3 is 0 Å². The molecule has 4 nitrogen and oxygen atoms in total. The van der Waals surface area contributed by atoms with Crippen molar-refractivity contribution in [3.63, 3.8) is 0 Å². The Kier molecular flexibility index (Phi) is 9.68. The summed E-state index contributed by atoms with van der Waals surface area (Å²) < 4.78 is 0. The number of carbonyl (C=O) groups is 1. The molecule has 1 rings (SSSR count). The number of aliphatic hydroxyl groups is 1. The highest BCUT2D eigenvalue weighted by molar-refractivity contribution is 5.82. The van der Waals surface area contributed by atoms with E-state index in [1.54, 1.807) is 0 Å². The van der Waals surface area contributed by atoms with Gasteiger partial charge in [-0.2, -0.15) is 0 Å². The highest BCUT2D eigenvalue weighted by Gasteiger charge is 2.30. The van der Waals surface area contributed by atoms with Crippen molar-refractivity contribution < 1.29 is 9.90 Å². The van der Waals surface area contributed by atoms with Crippen LogP contribution in [0.1, 0.15) is 65.2 Å². The predicted molar refractivity (Wildman–Crippen MR) is 87.2 cm³/mol. The van der Waals surface area contributed by atoms with Crippen LogP contribution < -0.4 is 5.32 Å². The second-order valence-electron chi connectivity index (χ2n) is 6.37. The number of amides is 1. The number of carbonyl (C=O) groups excluding carboxylic acids is 1. The Bertz CT molecular complexity index is 284. The van der Waals surface area contributed by atoms with E-state index in [2.05, 4.69) is 19.2 Å². The van der Waals surface area contributed by atoms with Crippen molar-refractivity contribution >= 4 is 5.91 Å². The number of nitrogens with zero attached hydrogens (tertiary/aromatic N) is 1. The third-order valence-electron chi connectivity index (χ3n) is 4.46. The molecule has 1 aliphatic heterocycles. The minimum Gasteiger partial charge on any atom is -0.396 e. The number of hydrogen-bond acceptors (Lipinski definition) is 3. The molecule has 0 aromatic heterocycles. The van der Waals surface area contributed by atoms with Crippen LogP contribution in [0.2, 0.25) is 0 Å². The number of unbranched alkanes of at least 4 members (excludes halogenated alkanes) is 4. The molecule has 1 aliphatic rings. The number of piperidine rings is 1. The smallest absolute Gasteiger partial charge is 0.239 e. The predicted octanol–water partition coefficient (Wildman–Crippen LogP) is 2.56. The van der Waals surface area contributed by atoms with Crippen molar-refractivity contribution in [3.05, 3.63) is 0 Å². The molecule has 4 heteroatoms. The van der Waals surface area contributed by atoms with E-state index in [9.17, 15) is 4.79 Å². The lowest BCUT2D eigenvalue weighted by Gasteiger charge is -2.34. The second-order valence-corrected chi connectivity index (χ2v) is 6.37. The summed E-state index contributed by atoms with van der Waals surface area (Å²) >= 11 is 0. The number of hydrogen-bond donors (Lipinski definition) is 2. The molecule has 0 spiro atoms. The van der Waals surface area contributed by atoms with E-state index in [0.29, 0.717) is 18.9 Å². The molecule has 1 saturated heterocycles. The lowest BCUT2D eigenvalue weighted by Crippen LogP contribution is -2.52. The van der Waals surface area contributed by atoms with Gasteiger partial charge < -0.3 is 15.3 Å². The molecule has 0 saturated carbocycles. The van der Waals surface area contributed by atoms with Crippen LogP contribution in [0.15, 0.2) is 0 Å². The summed E-state index contributed by atoms with van der Waals surface area (Å²) in [7, 11) is 0. The van der Waals surface area contributed by atoms with E-state index in [0.717, 1.165) is 25.9 Å². The largest absolute Gasteiger partial charge is 0.396 e. The summed E-state index contributed by atoms with van der Waals surface area (Å²) in [5.74, 6) is 0.661. The minimum absolute atomic E-state index is 0.0203. The SMILES string of the molecule is CCCCCCCN(CCCO)C(=O)C1NCCCC1C. The van der Waals surface area contributed by atoms with Gasteiger partial charge in [-0.3, -0.25) is 4.79 Å². The maximum atomic E-state index is 12.7. The molecule has 0 aliphatic carbocycles. The van der Waals surface area contributed by atoms with Crippen LogP contribution in [0.5, 0.6) is 0 Å². The molecule has 124 valence electrons. The number of rotatable bonds is 10. The van der Waals surface area contributed by atoms with Crippen LogP contribution in [0, 0.1) is 5.92 Å². The Balaban J connectivity index is 2.44.